The number of carbonyl (C=O) groups excluding carboxylic acids is 1. The van der Waals surface area contributed by atoms with Crippen molar-refractivity contribution in [2.45, 2.75) is 51.5 Å². The van der Waals surface area contributed by atoms with E-state index in [9.17, 15) is 4.79 Å². The topological polar surface area (TPSA) is 46.3 Å². The zero-order valence-electron chi connectivity index (χ0n) is 13.3. The molecule has 1 aromatic rings. The number of nitrogens with zero attached hydrogens (tertiary/aromatic N) is 1. The van der Waals surface area contributed by atoms with Crippen molar-refractivity contribution in [2.75, 3.05) is 13.1 Å². The number of carbonyl (C=O) groups is 1. The molecule has 21 heavy (non-hydrogen) atoms. The molecule has 0 aromatic heterocycles. The molecule has 1 saturated carbocycles. The Hall–Kier alpha value is -1.35. The van der Waals surface area contributed by atoms with Crippen LogP contribution >= 0.6 is 0 Å². The predicted molar refractivity (Wildman–Crippen MR) is 87.0 cm³/mol. The van der Waals surface area contributed by atoms with Crippen molar-refractivity contribution in [3.8, 4) is 0 Å². The third-order valence-corrected chi connectivity index (χ3v) is 4.35. The lowest BCUT2D eigenvalue weighted by atomic mass is 9.96. The highest BCUT2D eigenvalue weighted by atomic mass is 16.2. The molecule has 1 aliphatic rings. The molecule has 0 saturated heterocycles. The number of hydrogen-bond acceptors (Lipinski definition) is 2. The predicted octanol–water partition coefficient (Wildman–Crippen LogP) is 3.16. The lowest BCUT2D eigenvalue weighted by Crippen LogP contribution is -2.45. The molecule has 1 amide bonds. The molecule has 2 N–H and O–H groups in total. The Balaban J connectivity index is 2.18. The SMILES string of the molecule is CC(C)CN(C(=O)C(CN)c1ccccc1)C1CCCC1. The molecule has 0 bridgehead atoms. The molecule has 1 aromatic carbocycles. The summed E-state index contributed by atoms with van der Waals surface area (Å²) in [6.45, 7) is 5.57. The van der Waals surface area contributed by atoms with Gasteiger partial charge in [-0.2, -0.15) is 0 Å². The number of hydrogen-bond donors (Lipinski definition) is 1. The first-order valence-corrected chi connectivity index (χ1v) is 8.19. The van der Waals surface area contributed by atoms with Gasteiger partial charge < -0.3 is 10.6 Å². The fourth-order valence-electron chi connectivity index (χ4n) is 3.29. The first-order chi connectivity index (χ1) is 10.1. The molecule has 116 valence electrons. The van der Waals surface area contributed by atoms with Crippen molar-refractivity contribution in [3.05, 3.63) is 35.9 Å². The highest BCUT2D eigenvalue weighted by Gasteiger charge is 2.31. The number of benzene rings is 1. The van der Waals surface area contributed by atoms with Crippen LogP contribution in [0.25, 0.3) is 0 Å². The summed E-state index contributed by atoms with van der Waals surface area (Å²) in [7, 11) is 0. The second-order valence-corrected chi connectivity index (χ2v) is 6.52. The van der Waals surface area contributed by atoms with E-state index in [2.05, 4.69) is 18.7 Å². The van der Waals surface area contributed by atoms with Gasteiger partial charge in [-0.1, -0.05) is 57.0 Å². The van der Waals surface area contributed by atoms with Gasteiger partial charge in [-0.25, -0.2) is 0 Å². The van der Waals surface area contributed by atoms with Crippen molar-refractivity contribution >= 4 is 5.91 Å². The summed E-state index contributed by atoms with van der Waals surface area (Å²) in [5.74, 6) is 0.499. The first-order valence-electron chi connectivity index (χ1n) is 8.19. The van der Waals surface area contributed by atoms with Gasteiger partial charge in [0.1, 0.15) is 0 Å². The van der Waals surface area contributed by atoms with Crippen LogP contribution in [0.4, 0.5) is 0 Å². The van der Waals surface area contributed by atoms with Crippen molar-refractivity contribution in [1.82, 2.24) is 4.90 Å². The molecule has 1 fully saturated rings. The zero-order chi connectivity index (χ0) is 15.2. The Labute approximate surface area is 128 Å². The number of nitrogens with two attached hydrogens (primary N) is 1. The molecule has 0 heterocycles. The molecule has 3 nitrogen and oxygen atoms in total. The molecule has 1 atom stereocenters. The zero-order valence-corrected chi connectivity index (χ0v) is 13.3. The monoisotopic (exact) mass is 288 g/mol. The van der Waals surface area contributed by atoms with E-state index >= 15 is 0 Å². The van der Waals surface area contributed by atoms with E-state index < -0.39 is 0 Å². The van der Waals surface area contributed by atoms with Crippen molar-refractivity contribution in [3.63, 3.8) is 0 Å². The third-order valence-electron chi connectivity index (χ3n) is 4.35. The molecule has 2 rings (SSSR count). The Bertz CT molecular complexity index is 438. The van der Waals surface area contributed by atoms with Gasteiger partial charge >= 0.3 is 0 Å². The Morgan fingerprint density at radius 2 is 1.86 bits per heavy atom. The number of amides is 1. The summed E-state index contributed by atoms with van der Waals surface area (Å²) >= 11 is 0. The van der Waals surface area contributed by atoms with Crippen LogP contribution < -0.4 is 5.73 Å². The lowest BCUT2D eigenvalue weighted by Gasteiger charge is -2.33. The van der Waals surface area contributed by atoms with Crippen LogP contribution in [0, 0.1) is 5.92 Å². The minimum atomic E-state index is -0.203. The second-order valence-electron chi connectivity index (χ2n) is 6.52. The minimum absolute atomic E-state index is 0.203. The van der Waals surface area contributed by atoms with E-state index in [4.69, 9.17) is 5.73 Å². The smallest absolute Gasteiger partial charge is 0.231 e. The van der Waals surface area contributed by atoms with Crippen LogP contribution in [-0.2, 0) is 4.79 Å². The maximum absolute atomic E-state index is 13.0. The van der Waals surface area contributed by atoms with Crippen molar-refractivity contribution < 1.29 is 4.79 Å². The van der Waals surface area contributed by atoms with Crippen LogP contribution in [0.1, 0.15) is 51.0 Å². The average molecular weight is 288 g/mol. The van der Waals surface area contributed by atoms with Gasteiger partial charge in [-0.05, 0) is 24.3 Å². The first kappa shape index (κ1) is 16.0. The second kappa shape index (κ2) is 7.60. The van der Waals surface area contributed by atoms with Gasteiger partial charge in [0.2, 0.25) is 5.91 Å². The quantitative estimate of drug-likeness (QED) is 0.874. The van der Waals surface area contributed by atoms with Gasteiger partial charge in [-0.15, -0.1) is 0 Å². The molecule has 0 spiro atoms. The van der Waals surface area contributed by atoms with Crippen LogP contribution in [0.3, 0.4) is 0 Å². The van der Waals surface area contributed by atoms with Crippen LogP contribution in [0.15, 0.2) is 30.3 Å². The fraction of sp³-hybridized carbons (Fsp3) is 0.611. The summed E-state index contributed by atoms with van der Waals surface area (Å²) in [6.07, 6.45) is 4.77. The molecular formula is C18H28N2O. The van der Waals surface area contributed by atoms with Crippen LogP contribution in [0.5, 0.6) is 0 Å². The molecule has 0 aliphatic heterocycles. The van der Waals surface area contributed by atoms with Gasteiger partial charge in [0.15, 0.2) is 0 Å². The van der Waals surface area contributed by atoms with Crippen molar-refractivity contribution in [2.24, 2.45) is 11.7 Å². The maximum atomic E-state index is 13.0. The Morgan fingerprint density at radius 1 is 1.24 bits per heavy atom. The largest absolute Gasteiger partial charge is 0.339 e. The lowest BCUT2D eigenvalue weighted by molar-refractivity contribution is -0.135. The van der Waals surface area contributed by atoms with E-state index in [0.29, 0.717) is 18.5 Å². The van der Waals surface area contributed by atoms with Gasteiger partial charge in [0.25, 0.3) is 0 Å². The van der Waals surface area contributed by atoms with E-state index in [1.54, 1.807) is 0 Å². The summed E-state index contributed by atoms with van der Waals surface area (Å²) in [6, 6.07) is 10.4. The van der Waals surface area contributed by atoms with E-state index in [0.717, 1.165) is 24.9 Å². The van der Waals surface area contributed by atoms with Crippen LogP contribution in [0.2, 0.25) is 0 Å². The summed E-state index contributed by atoms with van der Waals surface area (Å²) in [5.41, 5.74) is 6.96. The molecule has 1 unspecified atom stereocenters. The van der Waals surface area contributed by atoms with Gasteiger partial charge in [0.05, 0.1) is 5.92 Å². The van der Waals surface area contributed by atoms with Gasteiger partial charge in [0, 0.05) is 19.1 Å². The molecular weight excluding hydrogens is 260 g/mol. The summed E-state index contributed by atoms with van der Waals surface area (Å²) in [5, 5.41) is 0. The Kier molecular flexibility index (Phi) is 5.80. The summed E-state index contributed by atoms with van der Waals surface area (Å²) < 4.78 is 0. The number of rotatable bonds is 6. The standard InChI is InChI=1S/C18H28N2O/c1-14(2)13-20(16-10-6-7-11-16)18(21)17(12-19)15-8-4-3-5-9-15/h3-5,8-9,14,16-17H,6-7,10-13,19H2,1-2H3. The van der Waals surface area contributed by atoms with Crippen molar-refractivity contribution in [1.29, 1.82) is 0 Å². The van der Waals surface area contributed by atoms with E-state index in [-0.39, 0.29) is 11.8 Å². The van der Waals surface area contributed by atoms with E-state index in [1.807, 2.05) is 30.3 Å². The highest BCUT2D eigenvalue weighted by molar-refractivity contribution is 5.84. The van der Waals surface area contributed by atoms with Crippen LogP contribution in [-0.4, -0.2) is 29.9 Å². The summed E-state index contributed by atoms with van der Waals surface area (Å²) in [4.78, 5) is 15.2. The third kappa shape index (κ3) is 4.07. The molecule has 0 radical (unpaired) electrons. The Morgan fingerprint density at radius 3 is 2.38 bits per heavy atom. The van der Waals surface area contributed by atoms with Gasteiger partial charge in [-0.3, -0.25) is 4.79 Å². The maximum Gasteiger partial charge on any atom is 0.231 e. The van der Waals surface area contributed by atoms with E-state index in [1.165, 1.54) is 12.8 Å². The highest BCUT2D eigenvalue weighted by Crippen LogP contribution is 2.27. The molecule has 3 heteroatoms. The average Bonchev–Trinajstić information content (AvgIpc) is 3.00. The minimum Gasteiger partial charge on any atom is -0.339 e. The normalized spacial score (nSPS) is 17.1. The molecule has 1 aliphatic carbocycles. The fourth-order valence-corrected chi connectivity index (χ4v) is 3.29.